The molecule has 0 saturated carbocycles. The number of hydrogen-bond donors (Lipinski definition) is 2. The Bertz CT molecular complexity index is 757. The van der Waals surface area contributed by atoms with Crippen molar-refractivity contribution in [2.75, 3.05) is 0 Å². The number of nitrogens with zero attached hydrogens (tertiary/aromatic N) is 4. The summed E-state index contributed by atoms with van der Waals surface area (Å²) in [6.07, 6.45) is 4.01. The molecular formula is C15H18N6S. The molecule has 4 heterocycles. The van der Waals surface area contributed by atoms with Crippen LogP contribution in [0.25, 0.3) is 10.6 Å². The quantitative estimate of drug-likeness (QED) is 0.774. The first-order chi connectivity index (χ1) is 10.8. The molecule has 0 spiro atoms. The number of aromatic nitrogens is 5. The first-order valence-corrected chi connectivity index (χ1v) is 8.37. The number of thiophene rings is 1. The average molecular weight is 314 g/mol. The lowest BCUT2D eigenvalue weighted by Gasteiger charge is -2.25. The van der Waals surface area contributed by atoms with E-state index in [4.69, 9.17) is 0 Å². The van der Waals surface area contributed by atoms with Crippen LogP contribution in [0, 0.1) is 6.92 Å². The van der Waals surface area contributed by atoms with E-state index in [1.165, 1.54) is 10.4 Å². The van der Waals surface area contributed by atoms with Gasteiger partial charge in [-0.1, -0.05) is 6.07 Å². The predicted molar refractivity (Wildman–Crippen MR) is 85.6 cm³/mol. The highest BCUT2D eigenvalue weighted by Gasteiger charge is 2.21. The van der Waals surface area contributed by atoms with Crippen LogP contribution < -0.4 is 5.32 Å². The van der Waals surface area contributed by atoms with Crippen molar-refractivity contribution in [3.8, 4) is 10.6 Å². The number of H-pyrrole nitrogens is 1. The SMILES string of the molecule is Cc1nnc2n1C[C@@H](NCc1cn[nH]c1-c1cccs1)CC2. The fraction of sp³-hybridized carbons (Fsp3) is 0.400. The minimum Gasteiger partial charge on any atom is -0.314 e. The summed E-state index contributed by atoms with van der Waals surface area (Å²) in [5, 5.41) is 21.4. The van der Waals surface area contributed by atoms with Crippen molar-refractivity contribution in [3.05, 3.63) is 40.9 Å². The van der Waals surface area contributed by atoms with Crippen LogP contribution in [-0.4, -0.2) is 31.0 Å². The molecule has 4 rings (SSSR count). The minimum atomic E-state index is 0.452. The van der Waals surface area contributed by atoms with Crippen molar-refractivity contribution in [2.45, 2.75) is 38.9 Å². The van der Waals surface area contributed by atoms with E-state index in [1.807, 2.05) is 13.1 Å². The lowest BCUT2D eigenvalue weighted by Crippen LogP contribution is -2.37. The molecule has 7 heteroatoms. The topological polar surface area (TPSA) is 71.4 Å². The van der Waals surface area contributed by atoms with Crippen molar-refractivity contribution in [1.29, 1.82) is 0 Å². The van der Waals surface area contributed by atoms with Crippen molar-refractivity contribution in [3.63, 3.8) is 0 Å². The van der Waals surface area contributed by atoms with Crippen molar-refractivity contribution >= 4 is 11.3 Å². The molecule has 0 saturated heterocycles. The molecule has 0 amide bonds. The second-order valence-electron chi connectivity index (χ2n) is 5.64. The van der Waals surface area contributed by atoms with Gasteiger partial charge in [0, 0.05) is 31.1 Å². The van der Waals surface area contributed by atoms with E-state index >= 15 is 0 Å². The Morgan fingerprint density at radius 1 is 1.45 bits per heavy atom. The third kappa shape index (κ3) is 2.46. The Balaban J connectivity index is 1.44. The van der Waals surface area contributed by atoms with Gasteiger partial charge >= 0.3 is 0 Å². The second-order valence-corrected chi connectivity index (χ2v) is 6.59. The van der Waals surface area contributed by atoms with E-state index in [2.05, 4.69) is 47.8 Å². The summed E-state index contributed by atoms with van der Waals surface area (Å²) in [5.74, 6) is 2.11. The molecule has 114 valence electrons. The highest BCUT2D eigenvalue weighted by atomic mass is 32.1. The number of hydrogen-bond acceptors (Lipinski definition) is 5. The van der Waals surface area contributed by atoms with Crippen LogP contribution in [-0.2, 0) is 19.5 Å². The normalized spacial score (nSPS) is 17.6. The fourth-order valence-electron chi connectivity index (χ4n) is 2.96. The van der Waals surface area contributed by atoms with Gasteiger partial charge in [-0.3, -0.25) is 5.10 Å². The van der Waals surface area contributed by atoms with E-state index in [9.17, 15) is 0 Å². The van der Waals surface area contributed by atoms with Crippen LogP contribution >= 0.6 is 11.3 Å². The van der Waals surface area contributed by atoms with Gasteiger partial charge in [0.2, 0.25) is 0 Å². The average Bonchev–Trinajstić information content (AvgIpc) is 3.26. The molecule has 0 unspecified atom stereocenters. The maximum Gasteiger partial charge on any atom is 0.133 e. The highest BCUT2D eigenvalue weighted by molar-refractivity contribution is 7.13. The lowest BCUT2D eigenvalue weighted by molar-refractivity contribution is 0.375. The minimum absolute atomic E-state index is 0.452. The molecule has 0 aromatic carbocycles. The maximum atomic E-state index is 4.22. The summed E-state index contributed by atoms with van der Waals surface area (Å²) in [4.78, 5) is 1.23. The summed E-state index contributed by atoms with van der Waals surface area (Å²) in [5.41, 5.74) is 2.34. The van der Waals surface area contributed by atoms with Crippen LogP contribution in [0.4, 0.5) is 0 Å². The molecule has 0 bridgehead atoms. The molecule has 3 aromatic rings. The molecule has 0 radical (unpaired) electrons. The zero-order valence-corrected chi connectivity index (χ0v) is 13.2. The molecule has 3 aromatic heterocycles. The Morgan fingerprint density at radius 3 is 3.27 bits per heavy atom. The second kappa shape index (κ2) is 5.66. The van der Waals surface area contributed by atoms with Crippen LogP contribution in [0.1, 0.15) is 23.6 Å². The van der Waals surface area contributed by atoms with E-state index in [-0.39, 0.29) is 0 Å². The van der Waals surface area contributed by atoms with Crippen molar-refractivity contribution < 1.29 is 0 Å². The summed E-state index contributed by atoms with van der Waals surface area (Å²) in [7, 11) is 0. The van der Waals surface area contributed by atoms with Crippen LogP contribution in [0.3, 0.4) is 0 Å². The number of aromatic amines is 1. The smallest absolute Gasteiger partial charge is 0.133 e. The summed E-state index contributed by atoms with van der Waals surface area (Å²) in [6.45, 7) is 3.79. The largest absolute Gasteiger partial charge is 0.314 e. The Morgan fingerprint density at radius 2 is 2.41 bits per heavy atom. The zero-order valence-electron chi connectivity index (χ0n) is 12.4. The molecule has 1 aliphatic heterocycles. The third-order valence-electron chi connectivity index (χ3n) is 4.20. The number of aryl methyl sites for hydroxylation is 2. The Hall–Kier alpha value is -1.99. The van der Waals surface area contributed by atoms with Crippen molar-refractivity contribution in [1.82, 2.24) is 30.3 Å². The monoisotopic (exact) mass is 314 g/mol. The van der Waals surface area contributed by atoms with Gasteiger partial charge in [0.05, 0.1) is 16.8 Å². The van der Waals surface area contributed by atoms with E-state index in [1.54, 1.807) is 11.3 Å². The van der Waals surface area contributed by atoms with Crippen molar-refractivity contribution in [2.24, 2.45) is 0 Å². The van der Waals surface area contributed by atoms with Gasteiger partial charge in [0.1, 0.15) is 11.6 Å². The van der Waals surface area contributed by atoms with Gasteiger partial charge in [-0.15, -0.1) is 21.5 Å². The van der Waals surface area contributed by atoms with Gasteiger partial charge in [-0.2, -0.15) is 5.10 Å². The summed E-state index contributed by atoms with van der Waals surface area (Å²) in [6, 6.07) is 4.64. The van der Waals surface area contributed by atoms with Gasteiger partial charge < -0.3 is 9.88 Å². The molecule has 1 atom stereocenters. The zero-order chi connectivity index (χ0) is 14.9. The number of rotatable bonds is 4. The molecule has 1 aliphatic rings. The summed E-state index contributed by atoms with van der Waals surface area (Å²) < 4.78 is 2.22. The molecule has 6 nitrogen and oxygen atoms in total. The number of nitrogens with one attached hydrogen (secondary N) is 2. The van der Waals surface area contributed by atoms with Gasteiger partial charge in [0.25, 0.3) is 0 Å². The predicted octanol–water partition coefficient (Wildman–Crippen LogP) is 2.14. The van der Waals surface area contributed by atoms with E-state index in [0.717, 1.165) is 43.3 Å². The third-order valence-corrected chi connectivity index (χ3v) is 5.09. The molecule has 22 heavy (non-hydrogen) atoms. The Labute approximate surface area is 132 Å². The summed E-state index contributed by atoms with van der Waals surface area (Å²) >= 11 is 1.73. The number of fused-ring (bicyclic) bond motifs is 1. The van der Waals surface area contributed by atoms with Gasteiger partial charge in [-0.25, -0.2) is 0 Å². The van der Waals surface area contributed by atoms with Crippen LogP contribution in [0.5, 0.6) is 0 Å². The molecular weight excluding hydrogens is 296 g/mol. The van der Waals surface area contributed by atoms with Gasteiger partial charge in [0.15, 0.2) is 0 Å². The van der Waals surface area contributed by atoms with E-state index in [0.29, 0.717) is 6.04 Å². The molecule has 2 N–H and O–H groups in total. The first kappa shape index (κ1) is 13.7. The van der Waals surface area contributed by atoms with E-state index < -0.39 is 0 Å². The standard InChI is InChI=1S/C15H18N6S/c1-10-18-19-14-5-4-12(9-21(10)14)16-7-11-8-17-20-15(11)13-3-2-6-22-13/h2-3,6,8,12,16H,4-5,7,9H2,1H3,(H,17,20)/t12-/m0/s1. The lowest BCUT2D eigenvalue weighted by atomic mass is 10.1. The maximum absolute atomic E-state index is 4.22. The molecule has 0 aliphatic carbocycles. The fourth-order valence-corrected chi connectivity index (χ4v) is 3.72. The first-order valence-electron chi connectivity index (χ1n) is 7.49. The highest BCUT2D eigenvalue weighted by Crippen LogP contribution is 2.26. The molecule has 0 fully saturated rings. The van der Waals surface area contributed by atoms with Gasteiger partial charge in [-0.05, 0) is 24.8 Å². The Kier molecular flexibility index (Phi) is 3.51. The van der Waals surface area contributed by atoms with Crippen LogP contribution in [0.15, 0.2) is 23.7 Å². The van der Waals surface area contributed by atoms with Crippen LogP contribution in [0.2, 0.25) is 0 Å².